The van der Waals surface area contributed by atoms with E-state index in [4.69, 9.17) is 4.74 Å². The van der Waals surface area contributed by atoms with Gasteiger partial charge in [0.1, 0.15) is 11.3 Å². The summed E-state index contributed by atoms with van der Waals surface area (Å²) in [6.45, 7) is 0.626. The van der Waals surface area contributed by atoms with Gasteiger partial charge in [0.25, 0.3) is 0 Å². The van der Waals surface area contributed by atoms with Crippen LogP contribution in [0.3, 0.4) is 0 Å². The van der Waals surface area contributed by atoms with Crippen LogP contribution in [0.25, 0.3) is 10.9 Å². The third-order valence-electron chi connectivity index (χ3n) is 3.86. The maximum absolute atomic E-state index is 11.5. The zero-order valence-electron chi connectivity index (χ0n) is 13.3. The van der Waals surface area contributed by atoms with E-state index in [0.717, 1.165) is 17.3 Å². The standard InChI is InChI=1S/C19H18N2O3/c1-24-14-7-8-17-15(11-14)18(16(12-21-17)19(22)23)20-10-9-13-5-3-2-4-6-13/h2-8,11-12H,9-10H2,1H3,(H,20,21)(H,22,23). The van der Waals surface area contributed by atoms with Crippen molar-refractivity contribution in [3.05, 3.63) is 65.9 Å². The maximum atomic E-state index is 11.5. The molecular formula is C19H18N2O3. The second-order valence-electron chi connectivity index (χ2n) is 5.40. The van der Waals surface area contributed by atoms with Gasteiger partial charge in [-0.05, 0) is 30.2 Å². The third kappa shape index (κ3) is 3.30. The molecule has 3 aromatic rings. The molecule has 0 unspecified atom stereocenters. The Kier molecular flexibility index (Phi) is 4.61. The molecule has 0 aliphatic carbocycles. The van der Waals surface area contributed by atoms with E-state index in [1.54, 1.807) is 13.2 Å². The highest BCUT2D eigenvalue weighted by molar-refractivity contribution is 6.04. The van der Waals surface area contributed by atoms with Crippen molar-refractivity contribution in [1.29, 1.82) is 0 Å². The van der Waals surface area contributed by atoms with Crippen LogP contribution in [0, 0.1) is 0 Å². The van der Waals surface area contributed by atoms with Crippen molar-refractivity contribution < 1.29 is 14.6 Å². The first-order valence-corrected chi connectivity index (χ1v) is 7.67. The lowest BCUT2D eigenvalue weighted by molar-refractivity contribution is 0.0697. The zero-order valence-corrected chi connectivity index (χ0v) is 13.3. The van der Waals surface area contributed by atoms with E-state index in [2.05, 4.69) is 10.3 Å². The molecule has 0 aliphatic heterocycles. The highest BCUT2D eigenvalue weighted by Gasteiger charge is 2.15. The number of rotatable bonds is 6. The van der Waals surface area contributed by atoms with Gasteiger partial charge < -0.3 is 15.2 Å². The van der Waals surface area contributed by atoms with Crippen LogP contribution in [0.1, 0.15) is 15.9 Å². The lowest BCUT2D eigenvalue weighted by Gasteiger charge is -2.13. The number of hydrogen-bond acceptors (Lipinski definition) is 4. The van der Waals surface area contributed by atoms with Gasteiger partial charge in [0.05, 0.1) is 18.3 Å². The topological polar surface area (TPSA) is 71.5 Å². The Balaban J connectivity index is 1.93. The number of aromatic carboxylic acids is 1. The summed E-state index contributed by atoms with van der Waals surface area (Å²) in [6.07, 6.45) is 2.19. The molecule has 24 heavy (non-hydrogen) atoms. The van der Waals surface area contributed by atoms with Crippen LogP contribution in [0.15, 0.2) is 54.7 Å². The molecule has 1 heterocycles. The van der Waals surface area contributed by atoms with Crippen LogP contribution in [0.2, 0.25) is 0 Å². The van der Waals surface area contributed by atoms with Gasteiger partial charge in [-0.2, -0.15) is 0 Å². The molecule has 0 atom stereocenters. The van der Waals surface area contributed by atoms with E-state index in [9.17, 15) is 9.90 Å². The van der Waals surface area contributed by atoms with Crippen LogP contribution in [-0.2, 0) is 6.42 Å². The molecule has 122 valence electrons. The number of pyridine rings is 1. The number of carbonyl (C=O) groups is 1. The summed E-state index contributed by atoms with van der Waals surface area (Å²) < 4.78 is 5.25. The summed E-state index contributed by atoms with van der Waals surface area (Å²) >= 11 is 0. The fourth-order valence-corrected chi connectivity index (χ4v) is 2.63. The first-order valence-electron chi connectivity index (χ1n) is 7.67. The number of aromatic nitrogens is 1. The van der Waals surface area contributed by atoms with Crippen molar-refractivity contribution in [2.45, 2.75) is 6.42 Å². The lowest BCUT2D eigenvalue weighted by Crippen LogP contribution is -2.10. The summed E-state index contributed by atoms with van der Waals surface area (Å²) in [5.74, 6) is -0.340. The minimum Gasteiger partial charge on any atom is -0.497 e. The van der Waals surface area contributed by atoms with E-state index in [1.165, 1.54) is 11.8 Å². The Hall–Kier alpha value is -3.08. The van der Waals surface area contributed by atoms with Crippen molar-refractivity contribution in [3.63, 3.8) is 0 Å². The summed E-state index contributed by atoms with van der Waals surface area (Å²) in [4.78, 5) is 15.8. The Bertz CT molecular complexity index is 863. The van der Waals surface area contributed by atoms with Crippen molar-refractivity contribution in [2.24, 2.45) is 0 Å². The molecule has 0 radical (unpaired) electrons. The van der Waals surface area contributed by atoms with Gasteiger partial charge in [-0.15, -0.1) is 0 Å². The number of nitrogens with zero attached hydrogens (tertiary/aromatic N) is 1. The molecule has 0 fully saturated rings. The predicted molar refractivity (Wildman–Crippen MR) is 93.9 cm³/mol. The number of anilines is 1. The molecule has 2 aromatic carbocycles. The number of nitrogens with one attached hydrogen (secondary N) is 1. The monoisotopic (exact) mass is 322 g/mol. The highest BCUT2D eigenvalue weighted by atomic mass is 16.5. The van der Waals surface area contributed by atoms with Crippen LogP contribution < -0.4 is 10.1 Å². The quantitative estimate of drug-likeness (QED) is 0.725. The normalized spacial score (nSPS) is 10.5. The molecule has 0 spiro atoms. The minimum absolute atomic E-state index is 0.156. The van der Waals surface area contributed by atoms with Crippen LogP contribution in [0.4, 0.5) is 5.69 Å². The van der Waals surface area contributed by atoms with E-state index in [0.29, 0.717) is 18.0 Å². The van der Waals surface area contributed by atoms with Crippen LogP contribution >= 0.6 is 0 Å². The molecule has 2 N–H and O–H groups in total. The number of carboxylic acids is 1. The molecule has 5 nitrogen and oxygen atoms in total. The van der Waals surface area contributed by atoms with Gasteiger partial charge in [0.2, 0.25) is 0 Å². The number of benzene rings is 2. The van der Waals surface area contributed by atoms with Gasteiger partial charge in [-0.25, -0.2) is 4.79 Å². The SMILES string of the molecule is COc1ccc2ncc(C(=O)O)c(NCCc3ccccc3)c2c1. The first kappa shape index (κ1) is 15.8. The van der Waals surface area contributed by atoms with E-state index in [1.807, 2.05) is 42.5 Å². The molecule has 0 saturated heterocycles. The zero-order chi connectivity index (χ0) is 16.9. The molecule has 1 aromatic heterocycles. The summed E-state index contributed by atoms with van der Waals surface area (Å²) in [6, 6.07) is 15.5. The number of methoxy groups -OCH3 is 1. The van der Waals surface area contributed by atoms with Gasteiger partial charge in [0.15, 0.2) is 0 Å². The summed E-state index contributed by atoms with van der Waals surface area (Å²) in [5.41, 5.74) is 2.65. The molecule has 3 rings (SSSR count). The third-order valence-corrected chi connectivity index (χ3v) is 3.86. The Morgan fingerprint density at radius 3 is 2.71 bits per heavy atom. The maximum Gasteiger partial charge on any atom is 0.339 e. The smallest absolute Gasteiger partial charge is 0.339 e. The molecular weight excluding hydrogens is 304 g/mol. The number of ether oxygens (including phenoxy) is 1. The van der Waals surface area contributed by atoms with E-state index < -0.39 is 5.97 Å². The number of carboxylic acid groups (broad SMARTS) is 1. The fraction of sp³-hybridized carbons (Fsp3) is 0.158. The molecule has 0 saturated carbocycles. The first-order chi connectivity index (χ1) is 11.7. The van der Waals surface area contributed by atoms with E-state index >= 15 is 0 Å². The van der Waals surface area contributed by atoms with Gasteiger partial charge in [-0.3, -0.25) is 4.98 Å². The molecule has 0 bridgehead atoms. The Morgan fingerprint density at radius 1 is 1.21 bits per heavy atom. The van der Waals surface area contributed by atoms with Crippen molar-refractivity contribution in [3.8, 4) is 5.75 Å². The van der Waals surface area contributed by atoms with Crippen molar-refractivity contribution in [1.82, 2.24) is 4.98 Å². The fourth-order valence-electron chi connectivity index (χ4n) is 2.63. The van der Waals surface area contributed by atoms with E-state index in [-0.39, 0.29) is 5.56 Å². The Labute approximate surface area is 139 Å². The van der Waals surface area contributed by atoms with Gasteiger partial charge >= 0.3 is 5.97 Å². The average molecular weight is 322 g/mol. The second-order valence-corrected chi connectivity index (χ2v) is 5.40. The van der Waals surface area contributed by atoms with Gasteiger partial charge in [-0.1, -0.05) is 30.3 Å². The lowest BCUT2D eigenvalue weighted by atomic mass is 10.1. The molecule has 5 heteroatoms. The second kappa shape index (κ2) is 7.00. The predicted octanol–water partition coefficient (Wildman–Crippen LogP) is 3.60. The number of fused-ring (bicyclic) bond motifs is 1. The molecule has 0 amide bonds. The van der Waals surface area contributed by atoms with Crippen molar-refractivity contribution >= 4 is 22.6 Å². The van der Waals surface area contributed by atoms with Crippen molar-refractivity contribution in [2.75, 3.05) is 19.0 Å². The number of hydrogen-bond donors (Lipinski definition) is 2. The Morgan fingerprint density at radius 2 is 2.00 bits per heavy atom. The van der Waals surface area contributed by atoms with Crippen LogP contribution in [0.5, 0.6) is 5.75 Å². The summed E-state index contributed by atoms with van der Waals surface area (Å²) in [7, 11) is 1.58. The minimum atomic E-state index is -1.01. The van der Waals surface area contributed by atoms with Crippen LogP contribution in [-0.4, -0.2) is 29.7 Å². The largest absolute Gasteiger partial charge is 0.497 e. The highest BCUT2D eigenvalue weighted by Crippen LogP contribution is 2.29. The average Bonchev–Trinajstić information content (AvgIpc) is 2.62. The summed E-state index contributed by atoms with van der Waals surface area (Å²) in [5, 5.41) is 13.5. The molecule has 0 aliphatic rings. The van der Waals surface area contributed by atoms with Gasteiger partial charge in [0, 0.05) is 18.1 Å².